The van der Waals surface area contributed by atoms with Gasteiger partial charge >= 0.3 is 6.18 Å². The Labute approximate surface area is 142 Å². The molecule has 0 aliphatic rings. The van der Waals surface area contributed by atoms with E-state index in [4.69, 9.17) is 4.74 Å². The van der Waals surface area contributed by atoms with Gasteiger partial charge in [-0.05, 0) is 23.8 Å². The summed E-state index contributed by atoms with van der Waals surface area (Å²) >= 11 is 0. The van der Waals surface area contributed by atoms with E-state index in [1.165, 1.54) is 4.90 Å². The van der Waals surface area contributed by atoms with Crippen molar-refractivity contribution in [3.63, 3.8) is 0 Å². The van der Waals surface area contributed by atoms with Crippen LogP contribution in [0, 0.1) is 0 Å². The molecule has 0 radical (unpaired) electrons. The summed E-state index contributed by atoms with van der Waals surface area (Å²) in [6.45, 7) is 0.112. The third kappa shape index (κ3) is 5.63. The maximum absolute atomic E-state index is 12.6. The number of carbonyl (C=O) groups excluding carboxylic acids is 1. The van der Waals surface area contributed by atoms with Gasteiger partial charge in [-0.2, -0.15) is 13.2 Å². The second kappa shape index (κ2) is 7.82. The monoisotopic (exact) mass is 354 g/mol. The molecule has 25 heavy (non-hydrogen) atoms. The summed E-state index contributed by atoms with van der Waals surface area (Å²) in [5, 5.41) is 2.73. The Morgan fingerprint density at radius 1 is 1.28 bits per heavy atom. The van der Waals surface area contributed by atoms with Gasteiger partial charge in [0.1, 0.15) is 11.4 Å². The van der Waals surface area contributed by atoms with E-state index in [1.54, 1.807) is 38.4 Å². The molecule has 1 aromatic carbocycles. The van der Waals surface area contributed by atoms with Crippen LogP contribution in [-0.4, -0.2) is 41.5 Å². The third-order valence-corrected chi connectivity index (χ3v) is 3.16. The van der Waals surface area contributed by atoms with E-state index in [2.05, 4.69) is 15.3 Å². The van der Waals surface area contributed by atoms with Gasteiger partial charge in [0.15, 0.2) is 6.61 Å². The predicted molar refractivity (Wildman–Crippen MR) is 85.0 cm³/mol. The highest BCUT2D eigenvalue weighted by Crippen LogP contribution is 2.27. The molecule has 0 saturated carbocycles. The van der Waals surface area contributed by atoms with E-state index in [-0.39, 0.29) is 25.0 Å². The van der Waals surface area contributed by atoms with Gasteiger partial charge in [-0.25, -0.2) is 9.97 Å². The number of benzene rings is 1. The molecule has 134 valence electrons. The summed E-state index contributed by atoms with van der Waals surface area (Å²) in [4.78, 5) is 20.1. The summed E-state index contributed by atoms with van der Waals surface area (Å²) in [7, 11) is 3.25. The maximum Gasteiger partial charge on any atom is 0.433 e. The smallest absolute Gasteiger partial charge is 0.433 e. The van der Waals surface area contributed by atoms with Gasteiger partial charge in [-0.3, -0.25) is 4.79 Å². The zero-order chi connectivity index (χ0) is 18.4. The number of aromatic nitrogens is 2. The summed E-state index contributed by atoms with van der Waals surface area (Å²) in [6.07, 6.45) is -3.48. The number of alkyl halides is 3. The molecule has 0 fully saturated rings. The molecule has 0 bridgehead atoms. The number of anilines is 1. The topological polar surface area (TPSA) is 67.3 Å². The van der Waals surface area contributed by atoms with Crippen LogP contribution in [0.2, 0.25) is 0 Å². The molecule has 1 amide bonds. The molecule has 2 rings (SSSR count). The second-order valence-corrected chi connectivity index (χ2v) is 5.34. The molecule has 0 aliphatic heterocycles. The van der Waals surface area contributed by atoms with Crippen molar-refractivity contribution in [2.45, 2.75) is 12.7 Å². The zero-order valence-corrected chi connectivity index (χ0v) is 13.7. The van der Waals surface area contributed by atoms with Crippen LogP contribution in [0.3, 0.4) is 0 Å². The van der Waals surface area contributed by atoms with Gasteiger partial charge in [0, 0.05) is 26.8 Å². The third-order valence-electron chi connectivity index (χ3n) is 3.16. The first kappa shape index (κ1) is 18.5. The number of rotatable bonds is 6. The van der Waals surface area contributed by atoms with Crippen molar-refractivity contribution >= 4 is 11.9 Å². The molecule has 6 nitrogen and oxygen atoms in total. The quantitative estimate of drug-likeness (QED) is 0.864. The van der Waals surface area contributed by atoms with Gasteiger partial charge in [0.05, 0.1) is 0 Å². The van der Waals surface area contributed by atoms with Crippen molar-refractivity contribution in [2.75, 3.05) is 26.0 Å². The number of ether oxygens (including phenoxy) is 1. The lowest BCUT2D eigenvalue weighted by atomic mass is 10.2. The van der Waals surface area contributed by atoms with Crippen LogP contribution in [0.4, 0.5) is 19.1 Å². The average molecular weight is 354 g/mol. The molecule has 1 heterocycles. The first-order chi connectivity index (χ1) is 11.8. The van der Waals surface area contributed by atoms with Crippen molar-refractivity contribution < 1.29 is 22.7 Å². The molecule has 1 aromatic heterocycles. The molecule has 1 N–H and O–H groups in total. The maximum atomic E-state index is 12.6. The van der Waals surface area contributed by atoms with Gasteiger partial charge in [0.25, 0.3) is 5.91 Å². The minimum Gasteiger partial charge on any atom is -0.484 e. The molecule has 9 heteroatoms. The standard InChI is InChI=1S/C16H17F3N4O2/c1-23(2)14(24)10-25-12-5-3-4-11(8-12)9-21-15-20-7-6-13(22-15)16(17,18)19/h3-8H,9-10H2,1-2H3,(H,20,21,22). The molecule has 0 saturated heterocycles. The number of amides is 1. The number of likely N-dealkylation sites (N-methyl/N-ethyl adjacent to an activating group) is 1. The van der Waals surface area contributed by atoms with E-state index < -0.39 is 11.9 Å². The van der Waals surface area contributed by atoms with Crippen molar-refractivity contribution in [3.8, 4) is 5.75 Å². The fourth-order valence-electron chi connectivity index (χ4n) is 1.80. The number of hydrogen-bond acceptors (Lipinski definition) is 5. The summed E-state index contributed by atoms with van der Waals surface area (Å²) in [5.74, 6) is 0.185. The lowest BCUT2D eigenvalue weighted by Gasteiger charge is -2.12. The van der Waals surface area contributed by atoms with Gasteiger partial charge < -0.3 is 15.0 Å². The van der Waals surface area contributed by atoms with E-state index in [9.17, 15) is 18.0 Å². The summed E-state index contributed by atoms with van der Waals surface area (Å²) in [6, 6.07) is 7.67. The van der Waals surface area contributed by atoms with Crippen LogP contribution in [0.15, 0.2) is 36.5 Å². The fourth-order valence-corrected chi connectivity index (χ4v) is 1.80. The van der Waals surface area contributed by atoms with Crippen molar-refractivity contribution in [3.05, 3.63) is 47.8 Å². The molecule has 0 unspecified atom stereocenters. The molecule has 0 aliphatic carbocycles. The number of nitrogens with one attached hydrogen (secondary N) is 1. The number of nitrogens with zero attached hydrogens (tertiary/aromatic N) is 3. The van der Waals surface area contributed by atoms with Gasteiger partial charge in [-0.1, -0.05) is 12.1 Å². The van der Waals surface area contributed by atoms with E-state index >= 15 is 0 Å². The van der Waals surface area contributed by atoms with Gasteiger partial charge in [0.2, 0.25) is 5.95 Å². The van der Waals surface area contributed by atoms with Crippen LogP contribution in [-0.2, 0) is 17.5 Å². The fraction of sp³-hybridized carbons (Fsp3) is 0.312. The Morgan fingerprint density at radius 3 is 2.72 bits per heavy atom. The van der Waals surface area contributed by atoms with Crippen LogP contribution in [0.5, 0.6) is 5.75 Å². The molecule has 2 aromatic rings. The van der Waals surface area contributed by atoms with E-state index in [0.29, 0.717) is 5.75 Å². The predicted octanol–water partition coefficient (Wildman–Crippen LogP) is 2.57. The first-order valence-corrected chi connectivity index (χ1v) is 7.31. The number of carbonyl (C=O) groups is 1. The summed E-state index contributed by atoms with van der Waals surface area (Å²) in [5.41, 5.74) is -0.264. The largest absolute Gasteiger partial charge is 0.484 e. The van der Waals surface area contributed by atoms with Crippen LogP contribution in [0.25, 0.3) is 0 Å². The molecule has 0 spiro atoms. The van der Waals surface area contributed by atoms with E-state index in [1.807, 2.05) is 0 Å². The van der Waals surface area contributed by atoms with Crippen molar-refractivity contribution in [1.82, 2.24) is 14.9 Å². The lowest BCUT2D eigenvalue weighted by Crippen LogP contribution is -2.27. The summed E-state index contributed by atoms with van der Waals surface area (Å²) < 4.78 is 43.3. The highest BCUT2D eigenvalue weighted by Gasteiger charge is 2.32. The van der Waals surface area contributed by atoms with Crippen LogP contribution in [0.1, 0.15) is 11.3 Å². The Kier molecular flexibility index (Phi) is 5.79. The Morgan fingerprint density at radius 2 is 2.04 bits per heavy atom. The Hall–Kier alpha value is -2.84. The molecular weight excluding hydrogens is 337 g/mol. The average Bonchev–Trinajstić information content (AvgIpc) is 2.57. The molecular formula is C16H17F3N4O2. The zero-order valence-electron chi connectivity index (χ0n) is 13.7. The van der Waals surface area contributed by atoms with E-state index in [0.717, 1.165) is 17.8 Å². The molecule has 0 atom stereocenters. The lowest BCUT2D eigenvalue weighted by molar-refractivity contribution is -0.141. The van der Waals surface area contributed by atoms with Gasteiger partial charge in [-0.15, -0.1) is 0 Å². The number of halogens is 3. The van der Waals surface area contributed by atoms with Crippen molar-refractivity contribution in [1.29, 1.82) is 0 Å². The SMILES string of the molecule is CN(C)C(=O)COc1cccc(CNc2nccc(C(F)(F)F)n2)c1. The highest BCUT2D eigenvalue weighted by molar-refractivity contribution is 5.77. The highest BCUT2D eigenvalue weighted by atomic mass is 19.4. The normalized spacial score (nSPS) is 11.1. The van der Waals surface area contributed by atoms with Crippen LogP contribution >= 0.6 is 0 Å². The Bertz CT molecular complexity index is 735. The second-order valence-electron chi connectivity index (χ2n) is 5.34. The minimum atomic E-state index is -4.52. The van der Waals surface area contributed by atoms with Crippen LogP contribution < -0.4 is 10.1 Å². The first-order valence-electron chi connectivity index (χ1n) is 7.31. The number of hydrogen-bond donors (Lipinski definition) is 1. The minimum absolute atomic E-state index is 0.0966. The van der Waals surface area contributed by atoms with Crippen molar-refractivity contribution in [2.24, 2.45) is 0 Å². The Balaban J connectivity index is 1.97.